The summed E-state index contributed by atoms with van der Waals surface area (Å²) < 4.78 is 113. The van der Waals surface area contributed by atoms with E-state index in [9.17, 15) is 44.7 Å². The van der Waals surface area contributed by atoms with Crippen molar-refractivity contribution < 1.29 is 49.4 Å². The van der Waals surface area contributed by atoms with E-state index < -0.39 is 53.4 Å². The molecule has 1 N–H and O–H groups in total. The van der Waals surface area contributed by atoms with E-state index in [0.29, 0.717) is 10.7 Å². The summed E-state index contributed by atoms with van der Waals surface area (Å²) in [5.41, 5.74) is -3.32. The zero-order valence-electron chi connectivity index (χ0n) is 20.4. The molecule has 8 nitrogen and oxygen atoms in total. The molecule has 2 aromatic heterocycles. The molecule has 0 fully saturated rings. The second-order valence-corrected chi connectivity index (χ2v) is 8.17. The number of nitrogens with zero attached hydrogens (tertiary/aromatic N) is 3. The summed E-state index contributed by atoms with van der Waals surface area (Å²) in [7, 11) is 1.18. The molecule has 41 heavy (non-hydrogen) atoms. The maximum atomic E-state index is 13.8. The smallest absolute Gasteiger partial charge is 0.435 e. The molecule has 216 valence electrons. The zero-order chi connectivity index (χ0) is 30.1. The number of anilines is 1. The Morgan fingerprint density at radius 2 is 1.54 bits per heavy atom. The molecule has 4 aromatic rings. The maximum Gasteiger partial charge on any atom is 0.573 e. The third-order valence-electron chi connectivity index (χ3n) is 5.50. The Morgan fingerprint density at radius 1 is 0.927 bits per heavy atom. The lowest BCUT2D eigenvalue weighted by molar-refractivity contribution is -0.274. The van der Waals surface area contributed by atoms with E-state index in [1.807, 2.05) is 0 Å². The average molecular weight is 588 g/mol. The summed E-state index contributed by atoms with van der Waals surface area (Å²) >= 11 is 0. The molecular weight excluding hydrogens is 572 g/mol. The number of rotatable bonds is 7. The van der Waals surface area contributed by atoms with Gasteiger partial charge < -0.3 is 14.8 Å². The number of hydrogen-bond acceptors (Lipinski definition) is 5. The van der Waals surface area contributed by atoms with Gasteiger partial charge in [-0.15, -0.1) is 13.2 Å². The number of pyridine rings is 1. The molecule has 0 unspecified atom stereocenters. The highest BCUT2D eigenvalue weighted by molar-refractivity contribution is 6.06. The Labute approximate surface area is 224 Å². The van der Waals surface area contributed by atoms with Crippen molar-refractivity contribution in [3.63, 3.8) is 0 Å². The van der Waals surface area contributed by atoms with Crippen LogP contribution in [-0.2, 0) is 13.2 Å². The van der Waals surface area contributed by atoms with Crippen molar-refractivity contribution in [3.8, 4) is 28.6 Å². The standard InChI is InChI=1S/C25H16F8N4O4/c1-36-19(13-4-10-16(11-5-13)41-25(31,32)33)18(35-21(38)14-6-8-15(9-7-14)40-23(26)27)22(39)37(36)20-17(24(28,29)30)3-2-12-34-20/h2-12,23H,1H3,(H,35,38). The largest absolute Gasteiger partial charge is 0.573 e. The second-order valence-electron chi connectivity index (χ2n) is 8.17. The SMILES string of the molecule is Cn1c(-c2ccc(OC(F)(F)F)cc2)c(NC(=O)c2ccc(OC(F)F)cc2)c(=O)n1-c1ncccc1C(F)(F)F. The Hall–Kier alpha value is -4.89. The van der Waals surface area contributed by atoms with E-state index in [1.54, 1.807) is 0 Å². The normalized spacial score (nSPS) is 12.0. The molecule has 0 radical (unpaired) electrons. The number of alkyl halides is 8. The van der Waals surface area contributed by atoms with Gasteiger partial charge in [0.05, 0.1) is 5.69 Å². The first-order valence-electron chi connectivity index (χ1n) is 11.2. The predicted molar refractivity (Wildman–Crippen MR) is 127 cm³/mol. The molecule has 0 aliphatic heterocycles. The summed E-state index contributed by atoms with van der Waals surface area (Å²) in [6.45, 7) is -3.12. The van der Waals surface area contributed by atoms with Gasteiger partial charge in [-0.25, -0.2) is 4.98 Å². The van der Waals surface area contributed by atoms with Crippen molar-refractivity contribution in [1.29, 1.82) is 0 Å². The van der Waals surface area contributed by atoms with Gasteiger partial charge in [-0.05, 0) is 60.7 Å². The number of carbonyl (C=O) groups excluding carboxylic acids is 1. The summed E-state index contributed by atoms with van der Waals surface area (Å²) in [4.78, 5) is 30.2. The number of carbonyl (C=O) groups is 1. The van der Waals surface area contributed by atoms with E-state index in [2.05, 4.69) is 19.8 Å². The van der Waals surface area contributed by atoms with Crippen LogP contribution in [0.4, 0.5) is 40.8 Å². The Morgan fingerprint density at radius 3 is 2.10 bits per heavy atom. The van der Waals surface area contributed by atoms with E-state index >= 15 is 0 Å². The predicted octanol–water partition coefficient (Wildman–Crippen LogP) is 6.01. The molecule has 0 aliphatic rings. The number of benzene rings is 2. The van der Waals surface area contributed by atoms with Crippen molar-refractivity contribution in [2.75, 3.05) is 5.32 Å². The van der Waals surface area contributed by atoms with Crippen molar-refractivity contribution in [3.05, 3.63) is 88.3 Å². The first kappa shape index (κ1) is 29.1. The van der Waals surface area contributed by atoms with Gasteiger partial charge in [0.25, 0.3) is 11.5 Å². The van der Waals surface area contributed by atoms with Crippen LogP contribution < -0.4 is 20.3 Å². The van der Waals surface area contributed by atoms with Crippen LogP contribution in [0.2, 0.25) is 0 Å². The Balaban J connectivity index is 1.84. The average Bonchev–Trinajstić information content (AvgIpc) is 3.12. The minimum Gasteiger partial charge on any atom is -0.435 e. The number of halogens is 8. The monoisotopic (exact) mass is 588 g/mol. The van der Waals surface area contributed by atoms with Gasteiger partial charge >= 0.3 is 19.2 Å². The quantitative estimate of drug-likeness (QED) is 0.268. The molecule has 1 amide bonds. The van der Waals surface area contributed by atoms with Crippen LogP contribution in [0.25, 0.3) is 17.1 Å². The fourth-order valence-electron chi connectivity index (χ4n) is 3.86. The molecule has 0 bridgehead atoms. The molecule has 0 atom stereocenters. The van der Waals surface area contributed by atoms with E-state index in [1.165, 1.54) is 7.05 Å². The fraction of sp³-hybridized carbons (Fsp3) is 0.160. The number of ether oxygens (including phenoxy) is 2. The van der Waals surface area contributed by atoms with Gasteiger partial charge in [0.2, 0.25) is 0 Å². The summed E-state index contributed by atoms with van der Waals surface area (Å²) in [6, 6.07) is 9.97. The van der Waals surface area contributed by atoms with Crippen LogP contribution in [0.15, 0.2) is 71.7 Å². The molecule has 4 rings (SSSR count). The third kappa shape index (κ3) is 6.47. The number of aromatic nitrogens is 3. The number of amides is 1. The highest BCUT2D eigenvalue weighted by Crippen LogP contribution is 2.35. The first-order valence-corrected chi connectivity index (χ1v) is 11.2. The molecule has 0 spiro atoms. The fourth-order valence-corrected chi connectivity index (χ4v) is 3.86. The topological polar surface area (TPSA) is 87.4 Å². The van der Waals surface area contributed by atoms with Crippen molar-refractivity contribution >= 4 is 11.6 Å². The van der Waals surface area contributed by atoms with Gasteiger partial charge in [0.15, 0.2) is 5.82 Å². The molecule has 0 aliphatic carbocycles. The van der Waals surface area contributed by atoms with Crippen LogP contribution >= 0.6 is 0 Å². The molecular formula is C25H16F8N4O4. The van der Waals surface area contributed by atoms with Gasteiger partial charge in [-0.1, -0.05) is 0 Å². The minimum atomic E-state index is -5.00. The van der Waals surface area contributed by atoms with Crippen LogP contribution in [-0.4, -0.2) is 33.2 Å². The number of nitrogens with one attached hydrogen (secondary N) is 1. The Bertz CT molecular complexity index is 1610. The second kappa shape index (κ2) is 10.9. The molecule has 2 heterocycles. The summed E-state index contributed by atoms with van der Waals surface area (Å²) in [5.74, 6) is -2.68. The molecule has 0 saturated heterocycles. The highest BCUT2D eigenvalue weighted by Gasteiger charge is 2.37. The van der Waals surface area contributed by atoms with Crippen LogP contribution in [0.3, 0.4) is 0 Å². The molecule has 0 saturated carbocycles. The first-order chi connectivity index (χ1) is 19.2. The van der Waals surface area contributed by atoms with Crippen molar-refractivity contribution in [2.24, 2.45) is 7.05 Å². The van der Waals surface area contributed by atoms with Gasteiger partial charge in [0.1, 0.15) is 22.7 Å². The lowest BCUT2D eigenvalue weighted by atomic mass is 10.1. The highest BCUT2D eigenvalue weighted by atomic mass is 19.4. The number of hydrogen-bond donors (Lipinski definition) is 1. The molecule has 16 heteroatoms. The summed E-state index contributed by atoms with van der Waals surface area (Å²) in [5, 5.41) is 2.29. The summed E-state index contributed by atoms with van der Waals surface area (Å²) in [6.07, 6.45) is -8.93. The maximum absolute atomic E-state index is 13.8. The van der Waals surface area contributed by atoms with Gasteiger partial charge in [-0.3, -0.25) is 14.3 Å². The Kier molecular flexibility index (Phi) is 7.76. The van der Waals surface area contributed by atoms with Gasteiger partial charge in [-0.2, -0.15) is 26.6 Å². The molecule has 2 aromatic carbocycles. The van der Waals surface area contributed by atoms with Gasteiger partial charge in [0, 0.05) is 24.4 Å². The van der Waals surface area contributed by atoms with Crippen molar-refractivity contribution in [2.45, 2.75) is 19.2 Å². The van der Waals surface area contributed by atoms with Crippen molar-refractivity contribution in [1.82, 2.24) is 14.3 Å². The minimum absolute atomic E-state index is 0.0124. The van der Waals surface area contributed by atoms with E-state index in [0.717, 1.165) is 65.5 Å². The van der Waals surface area contributed by atoms with E-state index in [4.69, 9.17) is 0 Å². The van der Waals surface area contributed by atoms with Crippen LogP contribution in [0.1, 0.15) is 15.9 Å². The third-order valence-corrected chi connectivity index (χ3v) is 5.50. The lowest BCUT2D eigenvalue weighted by Gasteiger charge is -2.15. The van der Waals surface area contributed by atoms with Crippen LogP contribution in [0.5, 0.6) is 11.5 Å². The zero-order valence-corrected chi connectivity index (χ0v) is 20.4. The lowest BCUT2D eigenvalue weighted by Crippen LogP contribution is -2.26. The van der Waals surface area contributed by atoms with E-state index in [-0.39, 0.29) is 22.6 Å². The van der Waals surface area contributed by atoms with Crippen LogP contribution in [0, 0.1) is 0 Å².